The zero-order valence-electron chi connectivity index (χ0n) is 11.3. The number of amidine groups is 1. The summed E-state index contributed by atoms with van der Waals surface area (Å²) in [5.41, 5.74) is 0.903. The number of rotatable bonds is 1. The van der Waals surface area contributed by atoms with Crippen molar-refractivity contribution in [3.05, 3.63) is 28.5 Å². The van der Waals surface area contributed by atoms with Crippen molar-refractivity contribution in [1.82, 2.24) is 0 Å². The first-order valence-electron chi connectivity index (χ1n) is 6.29. The zero-order chi connectivity index (χ0) is 14.0. The summed E-state index contributed by atoms with van der Waals surface area (Å²) in [5, 5.41) is 4.09. The van der Waals surface area contributed by atoms with Crippen molar-refractivity contribution in [3.8, 4) is 0 Å². The second-order valence-electron chi connectivity index (χ2n) is 5.71. The normalized spacial score (nSPS) is 20.1. The van der Waals surface area contributed by atoms with E-state index in [2.05, 4.69) is 42.0 Å². The van der Waals surface area contributed by atoms with Gasteiger partial charge < -0.3 is 5.32 Å². The molecule has 0 saturated heterocycles. The Kier molecular flexibility index (Phi) is 4.56. The summed E-state index contributed by atoms with van der Waals surface area (Å²) in [6, 6.07) is 5.34. The van der Waals surface area contributed by atoms with E-state index in [-0.39, 0.29) is 11.2 Å². The van der Waals surface area contributed by atoms with Crippen LogP contribution in [-0.4, -0.2) is 17.0 Å². The zero-order valence-corrected chi connectivity index (χ0v) is 13.7. The van der Waals surface area contributed by atoms with Crippen LogP contribution in [0.15, 0.2) is 27.7 Å². The van der Waals surface area contributed by atoms with Gasteiger partial charge in [0, 0.05) is 11.4 Å². The first-order valence-corrected chi connectivity index (χ1v) is 8.07. The number of benzene rings is 1. The van der Waals surface area contributed by atoms with Crippen LogP contribution in [0.4, 0.5) is 10.1 Å². The van der Waals surface area contributed by atoms with E-state index >= 15 is 0 Å². The maximum absolute atomic E-state index is 13.5. The Hall–Kier alpha value is -0.550. The molecule has 1 aromatic carbocycles. The van der Waals surface area contributed by atoms with Crippen molar-refractivity contribution in [2.45, 2.75) is 33.2 Å². The highest BCUT2D eigenvalue weighted by Crippen LogP contribution is 2.31. The van der Waals surface area contributed by atoms with E-state index in [0.29, 0.717) is 10.5 Å². The van der Waals surface area contributed by atoms with E-state index in [0.717, 1.165) is 23.0 Å². The largest absolute Gasteiger partial charge is 0.335 e. The molecule has 0 radical (unpaired) electrons. The lowest BCUT2D eigenvalue weighted by Crippen LogP contribution is -2.30. The van der Waals surface area contributed by atoms with Crippen molar-refractivity contribution in [3.63, 3.8) is 0 Å². The van der Waals surface area contributed by atoms with Gasteiger partial charge in [0.15, 0.2) is 5.17 Å². The standard InChI is InChI=1S/C14H18BrFN2S/c1-14(2,3)12-6-7-19-13(18-12)17-9-4-5-10(15)11(16)8-9/h4-5,8,12H,6-7H2,1-3H3,(H,17,18). The third kappa shape index (κ3) is 3.96. The lowest BCUT2D eigenvalue weighted by Gasteiger charge is -2.31. The number of hydrogen-bond donors (Lipinski definition) is 1. The molecule has 0 amide bonds. The second-order valence-corrected chi connectivity index (χ2v) is 7.65. The highest BCUT2D eigenvalue weighted by molar-refractivity contribution is 9.10. The van der Waals surface area contributed by atoms with Gasteiger partial charge in [-0.25, -0.2) is 4.39 Å². The Labute approximate surface area is 126 Å². The van der Waals surface area contributed by atoms with Crippen LogP contribution < -0.4 is 5.32 Å². The van der Waals surface area contributed by atoms with Crippen LogP contribution in [0.5, 0.6) is 0 Å². The summed E-state index contributed by atoms with van der Waals surface area (Å²) >= 11 is 4.84. The molecule has 0 fully saturated rings. The van der Waals surface area contributed by atoms with Crippen molar-refractivity contribution in [2.24, 2.45) is 10.4 Å². The van der Waals surface area contributed by atoms with Gasteiger partial charge in [0.25, 0.3) is 0 Å². The van der Waals surface area contributed by atoms with E-state index < -0.39 is 0 Å². The Morgan fingerprint density at radius 2 is 2.16 bits per heavy atom. The average molecular weight is 345 g/mol. The van der Waals surface area contributed by atoms with Crippen molar-refractivity contribution in [2.75, 3.05) is 11.1 Å². The minimum atomic E-state index is -0.265. The van der Waals surface area contributed by atoms with Crippen LogP contribution in [0.25, 0.3) is 0 Å². The Bertz CT molecular complexity index is 497. The monoisotopic (exact) mass is 344 g/mol. The molecule has 104 valence electrons. The van der Waals surface area contributed by atoms with Gasteiger partial charge >= 0.3 is 0 Å². The van der Waals surface area contributed by atoms with Crippen LogP contribution >= 0.6 is 27.7 Å². The molecule has 2 nitrogen and oxygen atoms in total. The summed E-state index contributed by atoms with van der Waals surface area (Å²) in [4.78, 5) is 4.73. The number of nitrogens with zero attached hydrogens (tertiary/aromatic N) is 1. The molecule has 0 saturated carbocycles. The number of halogens is 2. The Morgan fingerprint density at radius 1 is 1.42 bits per heavy atom. The Morgan fingerprint density at radius 3 is 2.79 bits per heavy atom. The van der Waals surface area contributed by atoms with Gasteiger partial charge in [-0.3, -0.25) is 4.99 Å². The molecule has 19 heavy (non-hydrogen) atoms. The molecule has 5 heteroatoms. The molecule has 2 rings (SSSR count). The highest BCUT2D eigenvalue weighted by Gasteiger charge is 2.27. The Balaban J connectivity index is 2.14. The number of nitrogens with one attached hydrogen (secondary N) is 1. The number of hydrogen-bond acceptors (Lipinski definition) is 3. The molecule has 1 N–H and O–H groups in total. The summed E-state index contributed by atoms with van der Waals surface area (Å²) in [7, 11) is 0. The predicted octanol–water partition coefficient (Wildman–Crippen LogP) is 4.91. The topological polar surface area (TPSA) is 24.4 Å². The van der Waals surface area contributed by atoms with E-state index in [1.54, 1.807) is 17.8 Å². The molecule has 1 heterocycles. The molecule has 1 aromatic rings. The third-order valence-electron chi connectivity index (χ3n) is 3.07. The summed E-state index contributed by atoms with van der Waals surface area (Å²) in [6.45, 7) is 6.61. The smallest absolute Gasteiger partial charge is 0.161 e. The first-order chi connectivity index (χ1) is 8.86. The summed E-state index contributed by atoms with van der Waals surface area (Å²) in [5.74, 6) is 0.783. The van der Waals surface area contributed by atoms with Gasteiger partial charge in [0.2, 0.25) is 0 Å². The molecule has 0 spiro atoms. The van der Waals surface area contributed by atoms with Crippen LogP contribution in [0.3, 0.4) is 0 Å². The summed E-state index contributed by atoms with van der Waals surface area (Å²) < 4.78 is 13.9. The molecular formula is C14H18BrFN2S. The minimum absolute atomic E-state index is 0.166. The van der Waals surface area contributed by atoms with Gasteiger partial charge in [0.05, 0.1) is 10.5 Å². The molecule has 1 unspecified atom stereocenters. The van der Waals surface area contributed by atoms with Crippen molar-refractivity contribution >= 4 is 38.5 Å². The fraction of sp³-hybridized carbons (Fsp3) is 0.500. The van der Waals surface area contributed by atoms with Gasteiger partial charge in [-0.2, -0.15) is 0 Å². The lowest BCUT2D eigenvalue weighted by atomic mass is 9.85. The fourth-order valence-electron chi connectivity index (χ4n) is 1.90. The van der Waals surface area contributed by atoms with Gasteiger partial charge in [-0.1, -0.05) is 32.5 Å². The molecule has 1 aliphatic heterocycles. The highest BCUT2D eigenvalue weighted by atomic mass is 79.9. The molecule has 0 aliphatic carbocycles. The van der Waals surface area contributed by atoms with Crippen LogP contribution in [0, 0.1) is 11.2 Å². The number of thioether (sulfide) groups is 1. The second kappa shape index (κ2) is 5.83. The average Bonchev–Trinajstić information content (AvgIpc) is 2.33. The predicted molar refractivity (Wildman–Crippen MR) is 85.5 cm³/mol. The van der Waals surface area contributed by atoms with Crippen molar-refractivity contribution < 1.29 is 4.39 Å². The third-order valence-corrected chi connectivity index (χ3v) is 4.64. The maximum Gasteiger partial charge on any atom is 0.161 e. The SMILES string of the molecule is CC(C)(C)C1CCSC(Nc2ccc(Br)c(F)c2)=N1. The van der Waals surface area contributed by atoms with E-state index in [1.807, 2.05) is 6.07 Å². The van der Waals surface area contributed by atoms with E-state index in [1.165, 1.54) is 6.07 Å². The minimum Gasteiger partial charge on any atom is -0.335 e. The van der Waals surface area contributed by atoms with Gasteiger partial charge in [0.1, 0.15) is 5.82 Å². The fourth-order valence-corrected chi connectivity index (χ4v) is 3.08. The quantitative estimate of drug-likeness (QED) is 0.782. The van der Waals surface area contributed by atoms with E-state index in [4.69, 9.17) is 4.99 Å². The van der Waals surface area contributed by atoms with E-state index in [9.17, 15) is 4.39 Å². The van der Waals surface area contributed by atoms with Gasteiger partial charge in [-0.15, -0.1) is 0 Å². The summed E-state index contributed by atoms with van der Waals surface area (Å²) in [6.07, 6.45) is 1.09. The molecule has 1 aliphatic rings. The first kappa shape index (κ1) is 14.9. The van der Waals surface area contributed by atoms with Gasteiger partial charge in [-0.05, 0) is 46.0 Å². The molecule has 0 bridgehead atoms. The van der Waals surface area contributed by atoms with Crippen LogP contribution in [0.2, 0.25) is 0 Å². The molecular weight excluding hydrogens is 327 g/mol. The van der Waals surface area contributed by atoms with Crippen LogP contribution in [-0.2, 0) is 0 Å². The van der Waals surface area contributed by atoms with Crippen LogP contribution in [0.1, 0.15) is 27.2 Å². The number of aliphatic imine (C=N–C) groups is 1. The molecule has 1 atom stereocenters. The van der Waals surface area contributed by atoms with Crippen molar-refractivity contribution in [1.29, 1.82) is 0 Å². The maximum atomic E-state index is 13.5. The number of anilines is 1. The lowest BCUT2D eigenvalue weighted by molar-refractivity contribution is 0.316. The molecule has 0 aromatic heterocycles.